The number of carbonyl (C=O) groups excluding carboxylic acids is 1. The maximum atomic E-state index is 12.8. The molecule has 1 N–H and O–H groups in total. The van der Waals surface area contributed by atoms with Crippen LogP contribution in [-0.4, -0.2) is 20.1 Å². The van der Waals surface area contributed by atoms with Gasteiger partial charge in [-0.05, 0) is 48.0 Å². The monoisotopic (exact) mass is 401 g/mol. The van der Waals surface area contributed by atoms with Gasteiger partial charge in [0.15, 0.2) is 11.3 Å². The van der Waals surface area contributed by atoms with Crippen molar-refractivity contribution in [2.75, 3.05) is 19.5 Å². The number of nitrogens with one attached hydrogen (secondary N) is 1. The van der Waals surface area contributed by atoms with E-state index in [1.54, 1.807) is 49.6 Å². The van der Waals surface area contributed by atoms with E-state index in [4.69, 9.17) is 13.9 Å². The first-order valence-electron chi connectivity index (χ1n) is 9.26. The number of fused-ring (bicyclic) bond motifs is 2. The van der Waals surface area contributed by atoms with Gasteiger partial charge in [-0.15, -0.1) is 0 Å². The SMILES string of the molecule is COc1ccc(C=CC(=O)Nc2ccc3c(=O)c4cccc(OC)c4oc3c2)cc1. The molecule has 0 unspecified atom stereocenters. The van der Waals surface area contributed by atoms with Crippen LogP contribution in [0.1, 0.15) is 5.56 Å². The molecule has 1 aromatic heterocycles. The van der Waals surface area contributed by atoms with Gasteiger partial charge in [0.2, 0.25) is 11.3 Å². The van der Waals surface area contributed by atoms with E-state index in [0.29, 0.717) is 33.4 Å². The predicted octanol–water partition coefficient (Wildman–Crippen LogP) is 4.62. The predicted molar refractivity (Wildman–Crippen MR) is 117 cm³/mol. The molecule has 0 atom stereocenters. The lowest BCUT2D eigenvalue weighted by atomic mass is 10.1. The van der Waals surface area contributed by atoms with Crippen molar-refractivity contribution in [2.24, 2.45) is 0 Å². The van der Waals surface area contributed by atoms with Crippen LogP contribution in [0.2, 0.25) is 0 Å². The lowest BCUT2D eigenvalue weighted by molar-refractivity contribution is -0.111. The molecule has 6 heteroatoms. The molecule has 3 aromatic carbocycles. The van der Waals surface area contributed by atoms with E-state index in [1.165, 1.54) is 13.2 Å². The Morgan fingerprint density at radius 3 is 2.50 bits per heavy atom. The van der Waals surface area contributed by atoms with Crippen LogP contribution in [0.15, 0.2) is 76.0 Å². The van der Waals surface area contributed by atoms with Crippen LogP contribution in [0.3, 0.4) is 0 Å². The number of benzene rings is 3. The minimum atomic E-state index is -0.300. The number of hydrogen-bond donors (Lipinski definition) is 1. The minimum absolute atomic E-state index is 0.151. The van der Waals surface area contributed by atoms with E-state index in [9.17, 15) is 9.59 Å². The normalized spacial score (nSPS) is 11.1. The van der Waals surface area contributed by atoms with Crippen LogP contribution in [0.4, 0.5) is 5.69 Å². The minimum Gasteiger partial charge on any atom is -0.497 e. The summed E-state index contributed by atoms with van der Waals surface area (Å²) >= 11 is 0. The summed E-state index contributed by atoms with van der Waals surface area (Å²) in [7, 11) is 3.12. The summed E-state index contributed by atoms with van der Waals surface area (Å²) in [6.07, 6.45) is 3.14. The Morgan fingerprint density at radius 2 is 1.77 bits per heavy atom. The van der Waals surface area contributed by atoms with Crippen LogP contribution >= 0.6 is 0 Å². The Labute approximate surface area is 172 Å². The van der Waals surface area contributed by atoms with Crippen molar-refractivity contribution < 1.29 is 18.7 Å². The molecular weight excluding hydrogens is 382 g/mol. The van der Waals surface area contributed by atoms with Gasteiger partial charge in [0.1, 0.15) is 11.3 Å². The molecule has 30 heavy (non-hydrogen) atoms. The molecule has 4 rings (SSSR count). The van der Waals surface area contributed by atoms with E-state index in [-0.39, 0.29) is 11.3 Å². The van der Waals surface area contributed by atoms with Gasteiger partial charge in [0.05, 0.1) is 25.0 Å². The first-order valence-corrected chi connectivity index (χ1v) is 9.26. The lowest BCUT2D eigenvalue weighted by Crippen LogP contribution is -2.08. The molecule has 0 saturated heterocycles. The average Bonchev–Trinajstić information content (AvgIpc) is 2.77. The number of rotatable bonds is 5. The number of anilines is 1. The zero-order chi connectivity index (χ0) is 21.1. The zero-order valence-electron chi connectivity index (χ0n) is 16.5. The highest BCUT2D eigenvalue weighted by Gasteiger charge is 2.12. The number of ether oxygens (including phenoxy) is 2. The van der Waals surface area contributed by atoms with Crippen molar-refractivity contribution in [1.29, 1.82) is 0 Å². The standard InChI is InChI=1S/C24H19NO5/c1-28-17-10-6-15(7-11-17)8-13-22(26)25-16-9-12-18-21(14-16)30-24-19(23(18)27)4-3-5-20(24)29-2/h3-14H,1-2H3,(H,25,26). The highest BCUT2D eigenvalue weighted by molar-refractivity contribution is 6.03. The fourth-order valence-corrected chi connectivity index (χ4v) is 3.16. The number of hydrogen-bond acceptors (Lipinski definition) is 5. The lowest BCUT2D eigenvalue weighted by Gasteiger charge is -2.07. The molecule has 0 fully saturated rings. The number of amides is 1. The van der Waals surface area contributed by atoms with Gasteiger partial charge in [-0.1, -0.05) is 18.2 Å². The van der Waals surface area contributed by atoms with E-state index in [2.05, 4.69) is 5.32 Å². The van der Waals surface area contributed by atoms with E-state index < -0.39 is 0 Å². The third-order valence-corrected chi connectivity index (χ3v) is 4.69. The van der Waals surface area contributed by atoms with Crippen LogP contribution in [0.5, 0.6) is 11.5 Å². The summed E-state index contributed by atoms with van der Waals surface area (Å²) in [5, 5.41) is 3.66. The van der Waals surface area contributed by atoms with Gasteiger partial charge in [-0.3, -0.25) is 9.59 Å². The van der Waals surface area contributed by atoms with Crippen molar-refractivity contribution in [2.45, 2.75) is 0 Å². The number of carbonyl (C=O) groups is 1. The number of methoxy groups -OCH3 is 2. The highest BCUT2D eigenvalue weighted by atomic mass is 16.5. The molecule has 6 nitrogen and oxygen atoms in total. The Kier molecular flexibility index (Phi) is 5.22. The molecule has 0 saturated carbocycles. The first-order chi connectivity index (χ1) is 14.6. The summed E-state index contributed by atoms with van der Waals surface area (Å²) in [6, 6.07) is 17.5. The van der Waals surface area contributed by atoms with E-state index in [1.807, 2.05) is 24.3 Å². The fourth-order valence-electron chi connectivity index (χ4n) is 3.16. The van der Waals surface area contributed by atoms with E-state index in [0.717, 1.165) is 11.3 Å². The summed E-state index contributed by atoms with van der Waals surface area (Å²) in [5.41, 5.74) is 1.98. The molecule has 0 bridgehead atoms. The second-order valence-electron chi connectivity index (χ2n) is 6.57. The molecule has 0 aliphatic heterocycles. The summed E-state index contributed by atoms with van der Waals surface area (Å²) in [4.78, 5) is 25.1. The largest absolute Gasteiger partial charge is 0.497 e. The topological polar surface area (TPSA) is 77.8 Å². The van der Waals surface area contributed by atoms with E-state index >= 15 is 0 Å². The second-order valence-corrected chi connectivity index (χ2v) is 6.57. The number of para-hydroxylation sites is 1. The van der Waals surface area contributed by atoms with Gasteiger partial charge < -0.3 is 19.2 Å². The van der Waals surface area contributed by atoms with Crippen molar-refractivity contribution in [3.05, 3.63) is 82.5 Å². The molecular formula is C24H19NO5. The quantitative estimate of drug-likeness (QED) is 0.390. The van der Waals surface area contributed by atoms with Gasteiger partial charge >= 0.3 is 0 Å². The van der Waals surface area contributed by atoms with Crippen LogP contribution in [0.25, 0.3) is 28.0 Å². The zero-order valence-corrected chi connectivity index (χ0v) is 16.5. The maximum absolute atomic E-state index is 12.8. The maximum Gasteiger partial charge on any atom is 0.248 e. The van der Waals surface area contributed by atoms with Gasteiger partial charge in [-0.25, -0.2) is 0 Å². The van der Waals surface area contributed by atoms with Gasteiger partial charge in [0.25, 0.3) is 0 Å². The molecule has 1 amide bonds. The molecule has 4 aromatic rings. The van der Waals surface area contributed by atoms with Crippen molar-refractivity contribution in [1.82, 2.24) is 0 Å². The van der Waals surface area contributed by atoms with Gasteiger partial charge in [-0.2, -0.15) is 0 Å². The summed E-state index contributed by atoms with van der Waals surface area (Å²) in [5.74, 6) is 0.924. The van der Waals surface area contributed by atoms with Crippen molar-refractivity contribution in [3.63, 3.8) is 0 Å². The molecule has 0 aliphatic rings. The third-order valence-electron chi connectivity index (χ3n) is 4.69. The molecule has 0 aliphatic carbocycles. The average molecular weight is 401 g/mol. The smallest absolute Gasteiger partial charge is 0.248 e. The second kappa shape index (κ2) is 8.13. The fraction of sp³-hybridized carbons (Fsp3) is 0.0833. The summed E-state index contributed by atoms with van der Waals surface area (Å²) < 4.78 is 16.3. The Balaban J connectivity index is 1.61. The summed E-state index contributed by atoms with van der Waals surface area (Å²) in [6.45, 7) is 0. The highest BCUT2D eigenvalue weighted by Crippen LogP contribution is 2.28. The van der Waals surface area contributed by atoms with Crippen molar-refractivity contribution in [3.8, 4) is 11.5 Å². The van der Waals surface area contributed by atoms with Crippen molar-refractivity contribution >= 4 is 39.6 Å². The van der Waals surface area contributed by atoms with Crippen LogP contribution in [-0.2, 0) is 4.79 Å². The Morgan fingerprint density at radius 1 is 0.967 bits per heavy atom. The Hall–Kier alpha value is -4.06. The molecule has 150 valence electrons. The van der Waals surface area contributed by atoms with Gasteiger partial charge in [0, 0.05) is 17.8 Å². The van der Waals surface area contributed by atoms with Crippen LogP contribution < -0.4 is 20.2 Å². The molecule has 0 radical (unpaired) electrons. The molecule has 0 spiro atoms. The third kappa shape index (κ3) is 3.75. The Bertz CT molecular complexity index is 1320. The van der Waals surface area contributed by atoms with Crippen LogP contribution in [0, 0.1) is 0 Å². The molecule has 1 heterocycles. The first kappa shape index (κ1) is 19.3.